The number of fused-ring (bicyclic) bond motifs is 6. The highest BCUT2D eigenvalue weighted by Gasteiger charge is 2.25. The number of ether oxygens (including phenoxy) is 2. The summed E-state index contributed by atoms with van der Waals surface area (Å²) in [6.45, 7) is 8.63. The molecule has 41 heavy (non-hydrogen) atoms. The third-order valence-electron chi connectivity index (χ3n) is 7.67. The van der Waals surface area contributed by atoms with E-state index in [2.05, 4.69) is 72.0 Å². The highest BCUT2D eigenvalue weighted by Crippen LogP contribution is 2.41. The summed E-state index contributed by atoms with van der Waals surface area (Å²) in [6, 6.07) is 23.3. The highest BCUT2D eigenvalue weighted by molar-refractivity contribution is 9.10. The average molecular weight is 624 g/mol. The van der Waals surface area contributed by atoms with Crippen LogP contribution in [0.2, 0.25) is 25.7 Å². The second-order valence-corrected chi connectivity index (χ2v) is 18.5. The Morgan fingerprint density at radius 2 is 1.66 bits per heavy atom. The van der Waals surface area contributed by atoms with Crippen LogP contribution in [0, 0.1) is 28.6 Å². The van der Waals surface area contributed by atoms with Gasteiger partial charge in [-0.15, -0.1) is 0 Å². The van der Waals surface area contributed by atoms with Gasteiger partial charge in [-0.05, 0) is 78.0 Å². The lowest BCUT2D eigenvalue weighted by atomic mass is 9.99. The van der Waals surface area contributed by atoms with Crippen LogP contribution in [0.25, 0.3) is 44.0 Å². The monoisotopic (exact) mass is 622 g/mol. The number of hydrogen-bond donors (Lipinski definition) is 0. The Kier molecular flexibility index (Phi) is 7.33. The maximum absolute atomic E-state index is 10.0. The number of nitriles is 2. The van der Waals surface area contributed by atoms with Crippen molar-refractivity contribution in [3.8, 4) is 29.3 Å². The molecule has 5 aromatic rings. The first-order chi connectivity index (χ1) is 19.8. The summed E-state index contributed by atoms with van der Waals surface area (Å²) in [5.41, 5.74) is 3.09. The summed E-state index contributed by atoms with van der Waals surface area (Å²) in [6.07, 6.45) is 2.47. The lowest BCUT2D eigenvalue weighted by molar-refractivity contribution is 0.0910. The number of halogens is 1. The van der Waals surface area contributed by atoms with E-state index in [4.69, 9.17) is 14.5 Å². The topological polar surface area (TPSA) is 83.9 Å². The van der Waals surface area contributed by atoms with Gasteiger partial charge in [0.05, 0.1) is 46.5 Å². The van der Waals surface area contributed by atoms with Crippen molar-refractivity contribution in [3.63, 3.8) is 0 Å². The van der Waals surface area contributed by atoms with Crippen LogP contribution in [-0.2, 0) is 11.5 Å². The van der Waals surface area contributed by atoms with E-state index in [1.807, 2.05) is 16.7 Å². The van der Waals surface area contributed by atoms with Crippen molar-refractivity contribution in [2.45, 2.75) is 45.3 Å². The van der Waals surface area contributed by atoms with Crippen molar-refractivity contribution in [3.05, 3.63) is 70.2 Å². The minimum atomic E-state index is -1.30. The Morgan fingerprint density at radius 1 is 0.951 bits per heavy atom. The Balaban J connectivity index is 1.63. The van der Waals surface area contributed by atoms with E-state index >= 15 is 0 Å². The third kappa shape index (κ3) is 5.48. The molecule has 0 radical (unpaired) electrons. The molecule has 8 heteroatoms. The molecule has 1 heterocycles. The van der Waals surface area contributed by atoms with Crippen LogP contribution in [0.3, 0.4) is 0 Å². The van der Waals surface area contributed by atoms with Crippen molar-refractivity contribution in [2.24, 2.45) is 5.92 Å². The molecule has 6 rings (SSSR count). The van der Waals surface area contributed by atoms with Crippen molar-refractivity contribution < 1.29 is 9.47 Å². The van der Waals surface area contributed by atoms with Crippen LogP contribution < -0.4 is 4.74 Å². The fraction of sp³-hybridized carbons (Fsp3) is 0.303. The summed E-state index contributed by atoms with van der Waals surface area (Å²) in [5.74, 6) is 2.07. The molecule has 206 valence electrons. The van der Waals surface area contributed by atoms with Crippen molar-refractivity contribution in [1.29, 1.82) is 10.5 Å². The maximum atomic E-state index is 10.0. The lowest BCUT2D eigenvalue weighted by Crippen LogP contribution is -2.22. The number of aromatic nitrogens is 2. The standard InChI is InChI=1S/C33H31BrN4O2Si/c1-41(2,3)14-13-39-20-38-32-27-12-10-25(40-19-21-7-8-21)16-29(27)28-15-24(34)9-11-26(28)31(32)37-33(38)30-22(17-35)5-4-6-23(30)18-36/h4-6,9-12,15-16,21H,7-8,13-14,19-20H2,1-3H3. The van der Waals surface area contributed by atoms with Crippen LogP contribution in [0.15, 0.2) is 59.1 Å². The molecule has 4 aromatic carbocycles. The first-order valence-corrected chi connectivity index (χ1v) is 18.5. The predicted molar refractivity (Wildman–Crippen MR) is 170 cm³/mol. The zero-order chi connectivity index (χ0) is 28.7. The van der Waals surface area contributed by atoms with E-state index in [0.717, 1.165) is 55.5 Å². The zero-order valence-electron chi connectivity index (χ0n) is 23.5. The van der Waals surface area contributed by atoms with E-state index in [0.29, 0.717) is 35.0 Å². The van der Waals surface area contributed by atoms with Crippen LogP contribution in [-0.4, -0.2) is 30.8 Å². The molecule has 0 bridgehead atoms. The van der Waals surface area contributed by atoms with Gasteiger partial charge < -0.3 is 9.47 Å². The quantitative estimate of drug-likeness (QED) is 0.0933. The minimum absolute atomic E-state index is 0.262. The number of nitrogens with zero attached hydrogens (tertiary/aromatic N) is 4. The average Bonchev–Trinajstić information content (AvgIpc) is 3.72. The van der Waals surface area contributed by atoms with E-state index in [9.17, 15) is 10.5 Å². The Bertz CT molecular complexity index is 1860. The van der Waals surface area contributed by atoms with Gasteiger partial charge in [-0.3, -0.25) is 4.57 Å². The molecular formula is C33H31BrN4O2Si. The predicted octanol–water partition coefficient (Wildman–Crippen LogP) is 8.62. The Morgan fingerprint density at radius 3 is 2.34 bits per heavy atom. The highest BCUT2D eigenvalue weighted by atomic mass is 79.9. The Labute approximate surface area is 249 Å². The molecule has 0 amide bonds. The molecular weight excluding hydrogens is 592 g/mol. The van der Waals surface area contributed by atoms with Crippen LogP contribution in [0.1, 0.15) is 24.0 Å². The normalized spacial score (nSPS) is 13.5. The SMILES string of the molecule is C[Si](C)(C)CCOCn1c(-c2c(C#N)cccc2C#N)nc2c3ccc(Br)cc3c3cc(OCC4CC4)ccc3c21. The van der Waals surface area contributed by atoms with Gasteiger partial charge in [-0.2, -0.15) is 10.5 Å². The maximum Gasteiger partial charge on any atom is 0.145 e. The van der Waals surface area contributed by atoms with Gasteiger partial charge in [-0.25, -0.2) is 4.98 Å². The van der Waals surface area contributed by atoms with Crippen LogP contribution in [0.4, 0.5) is 0 Å². The van der Waals surface area contributed by atoms with Crippen molar-refractivity contribution in [2.75, 3.05) is 13.2 Å². The molecule has 1 fully saturated rings. The molecule has 0 aliphatic heterocycles. The summed E-state index contributed by atoms with van der Waals surface area (Å²) in [4.78, 5) is 5.17. The zero-order valence-corrected chi connectivity index (χ0v) is 26.1. The number of rotatable bonds is 9. The molecule has 0 atom stereocenters. The van der Waals surface area contributed by atoms with Crippen LogP contribution in [0.5, 0.6) is 5.75 Å². The third-order valence-corrected chi connectivity index (χ3v) is 9.87. The van der Waals surface area contributed by atoms with Gasteiger partial charge in [0.25, 0.3) is 0 Å². The first kappa shape index (κ1) is 27.5. The molecule has 6 nitrogen and oxygen atoms in total. The second kappa shape index (κ2) is 10.9. The van der Waals surface area contributed by atoms with Crippen molar-refractivity contribution in [1.82, 2.24) is 9.55 Å². The van der Waals surface area contributed by atoms with E-state index < -0.39 is 8.07 Å². The molecule has 0 N–H and O–H groups in total. The lowest BCUT2D eigenvalue weighted by Gasteiger charge is -2.17. The largest absolute Gasteiger partial charge is 0.493 e. The van der Waals surface area contributed by atoms with Crippen LogP contribution >= 0.6 is 15.9 Å². The Hall–Kier alpha value is -3.69. The van der Waals surface area contributed by atoms with Crippen molar-refractivity contribution >= 4 is 56.6 Å². The summed E-state index contributed by atoms with van der Waals surface area (Å²) < 4.78 is 15.5. The number of imidazole rings is 1. The number of hydrogen-bond acceptors (Lipinski definition) is 5. The second-order valence-electron chi connectivity index (χ2n) is 12.0. The fourth-order valence-electron chi connectivity index (χ4n) is 5.23. The summed E-state index contributed by atoms with van der Waals surface area (Å²) >= 11 is 3.67. The number of benzene rings is 4. The molecule has 1 aliphatic rings. The van der Waals surface area contributed by atoms with E-state index in [1.54, 1.807) is 18.2 Å². The van der Waals surface area contributed by atoms with E-state index in [-0.39, 0.29) is 6.73 Å². The fourth-order valence-corrected chi connectivity index (χ4v) is 6.35. The summed E-state index contributed by atoms with van der Waals surface area (Å²) in [7, 11) is -1.30. The molecule has 1 aliphatic carbocycles. The van der Waals surface area contributed by atoms with Gasteiger partial charge in [0.2, 0.25) is 0 Å². The molecule has 0 unspecified atom stereocenters. The summed E-state index contributed by atoms with van der Waals surface area (Å²) in [5, 5.41) is 24.2. The van der Waals surface area contributed by atoms with E-state index in [1.165, 1.54) is 12.8 Å². The van der Waals surface area contributed by atoms with Gasteiger partial charge >= 0.3 is 0 Å². The minimum Gasteiger partial charge on any atom is -0.493 e. The van der Waals surface area contributed by atoms with Gasteiger partial charge in [0, 0.05) is 29.9 Å². The molecule has 0 spiro atoms. The first-order valence-electron chi connectivity index (χ1n) is 14.0. The molecule has 0 saturated heterocycles. The smallest absolute Gasteiger partial charge is 0.145 e. The molecule has 1 saturated carbocycles. The molecule has 1 aromatic heterocycles. The van der Waals surface area contributed by atoms with Gasteiger partial charge in [-0.1, -0.05) is 47.7 Å². The van der Waals surface area contributed by atoms with Gasteiger partial charge in [0.15, 0.2) is 0 Å². The van der Waals surface area contributed by atoms with Gasteiger partial charge in [0.1, 0.15) is 18.3 Å².